The first-order valence-electron chi connectivity index (χ1n) is 6.96. The zero-order chi connectivity index (χ0) is 16.3. The van der Waals surface area contributed by atoms with E-state index in [0.717, 1.165) is 0 Å². The zero-order valence-electron chi connectivity index (χ0n) is 13.2. The summed E-state index contributed by atoms with van der Waals surface area (Å²) in [4.78, 5) is 8.81. The van der Waals surface area contributed by atoms with Crippen molar-refractivity contribution in [2.45, 2.75) is 46.0 Å². The van der Waals surface area contributed by atoms with Crippen LogP contribution in [0.2, 0.25) is 0 Å². The molecule has 0 atom stereocenters. The van der Waals surface area contributed by atoms with Gasteiger partial charge in [-0.1, -0.05) is 20.8 Å². The first-order chi connectivity index (χ1) is 9.60. The van der Waals surface area contributed by atoms with Crippen LogP contribution in [-0.4, -0.2) is 40.7 Å². The average Bonchev–Trinajstić information content (AvgIpc) is 2.38. The number of hydrogen-bond acceptors (Lipinski definition) is 5. The van der Waals surface area contributed by atoms with Crippen LogP contribution in [0.5, 0.6) is 0 Å². The van der Waals surface area contributed by atoms with E-state index in [-0.39, 0.29) is 5.41 Å². The lowest BCUT2D eigenvalue weighted by atomic mass is 9.95. The van der Waals surface area contributed by atoms with Crippen molar-refractivity contribution in [2.24, 2.45) is 0 Å². The topological polar surface area (TPSA) is 70.1 Å². The average molecular weight is 302 g/mol. The van der Waals surface area contributed by atoms with Gasteiger partial charge in [-0.3, -0.25) is 0 Å². The summed E-state index contributed by atoms with van der Waals surface area (Å²) in [7, 11) is 0. The fourth-order valence-corrected chi connectivity index (χ4v) is 1.63. The number of halogens is 2. The summed E-state index contributed by atoms with van der Waals surface area (Å²) in [6, 6.07) is 0. The van der Waals surface area contributed by atoms with Gasteiger partial charge >= 0.3 is 0 Å². The van der Waals surface area contributed by atoms with Crippen LogP contribution in [0.1, 0.15) is 39.1 Å². The summed E-state index contributed by atoms with van der Waals surface area (Å²) in [5, 5.41) is 14.4. The summed E-state index contributed by atoms with van der Waals surface area (Å²) in [6.45, 7) is 8.38. The van der Waals surface area contributed by atoms with E-state index in [1.807, 2.05) is 27.7 Å². The molecule has 0 saturated heterocycles. The monoisotopic (exact) mass is 302 g/mol. The maximum Gasteiger partial charge on any atom is 0.287 e. The third-order valence-electron chi connectivity index (χ3n) is 2.91. The van der Waals surface area contributed by atoms with E-state index in [0.29, 0.717) is 29.6 Å². The van der Waals surface area contributed by atoms with Crippen LogP contribution < -0.4 is 10.6 Å². The first kappa shape index (κ1) is 17.6. The van der Waals surface area contributed by atoms with Gasteiger partial charge in [0.25, 0.3) is 5.92 Å². The molecule has 1 aromatic heterocycles. The molecule has 0 radical (unpaired) electrons. The van der Waals surface area contributed by atoms with Crippen molar-refractivity contribution < 1.29 is 13.9 Å². The van der Waals surface area contributed by atoms with Gasteiger partial charge in [-0.15, -0.1) is 0 Å². The van der Waals surface area contributed by atoms with E-state index in [9.17, 15) is 8.78 Å². The molecule has 0 spiro atoms. The smallest absolute Gasteiger partial charge is 0.287 e. The Labute approximate surface area is 124 Å². The third kappa shape index (κ3) is 4.77. The van der Waals surface area contributed by atoms with Gasteiger partial charge in [-0.25, -0.2) is 18.7 Å². The van der Waals surface area contributed by atoms with Crippen molar-refractivity contribution in [2.75, 3.05) is 30.3 Å². The van der Waals surface area contributed by atoms with E-state index >= 15 is 0 Å². The fourth-order valence-electron chi connectivity index (χ4n) is 1.63. The first-order valence-corrected chi connectivity index (χ1v) is 6.96. The molecule has 0 fully saturated rings. The molecule has 0 amide bonds. The lowest BCUT2D eigenvalue weighted by molar-refractivity contribution is -0.0373. The van der Waals surface area contributed by atoms with Crippen LogP contribution >= 0.6 is 0 Å². The minimum atomic E-state index is -3.18. The van der Waals surface area contributed by atoms with Gasteiger partial charge < -0.3 is 15.7 Å². The van der Waals surface area contributed by atoms with E-state index in [2.05, 4.69) is 20.6 Å². The molecule has 0 saturated carbocycles. The van der Waals surface area contributed by atoms with Gasteiger partial charge in [0.05, 0.1) is 6.54 Å². The van der Waals surface area contributed by atoms with E-state index in [1.54, 1.807) is 6.92 Å². The quantitative estimate of drug-likeness (QED) is 0.753. The predicted molar refractivity (Wildman–Crippen MR) is 80.2 cm³/mol. The molecule has 0 unspecified atom stereocenters. The summed E-state index contributed by atoms with van der Waals surface area (Å²) in [6.07, 6.45) is 0. The number of alkyl halides is 2. The number of aliphatic hydroxyl groups excluding tert-OH is 1. The molecule has 0 aliphatic heterocycles. The lowest BCUT2D eigenvalue weighted by Crippen LogP contribution is -2.32. The minimum Gasteiger partial charge on any atom is -0.390 e. The Morgan fingerprint density at radius 3 is 2.05 bits per heavy atom. The Bertz CT molecular complexity index is 487. The highest BCUT2D eigenvalue weighted by atomic mass is 19.3. The van der Waals surface area contributed by atoms with E-state index < -0.39 is 19.1 Å². The van der Waals surface area contributed by atoms with Crippen molar-refractivity contribution in [1.29, 1.82) is 0 Å². The van der Waals surface area contributed by atoms with E-state index in [1.165, 1.54) is 0 Å². The number of nitrogens with one attached hydrogen (secondary N) is 2. The maximum absolute atomic E-state index is 13.2. The molecule has 1 aromatic rings. The molecule has 0 aromatic carbocycles. The van der Waals surface area contributed by atoms with Gasteiger partial charge in [0.1, 0.15) is 24.1 Å². The van der Waals surface area contributed by atoms with Crippen LogP contribution in [0.15, 0.2) is 0 Å². The molecule has 0 aliphatic carbocycles. The van der Waals surface area contributed by atoms with Crippen LogP contribution in [0.25, 0.3) is 0 Å². The van der Waals surface area contributed by atoms with Crippen molar-refractivity contribution in [3.63, 3.8) is 0 Å². The summed E-state index contributed by atoms with van der Waals surface area (Å²) in [5.41, 5.74) is 0.381. The number of aliphatic hydroxyl groups is 1. The highest BCUT2D eigenvalue weighted by Gasteiger charge is 2.28. The summed E-state index contributed by atoms with van der Waals surface area (Å²) in [5.74, 6) is -1.62. The molecule has 120 valence electrons. The Morgan fingerprint density at radius 2 is 1.62 bits per heavy atom. The predicted octanol–water partition coefficient (Wildman–Crippen LogP) is 2.55. The van der Waals surface area contributed by atoms with Gasteiger partial charge in [-0.05, 0) is 13.8 Å². The molecule has 1 rings (SSSR count). The molecule has 5 nitrogen and oxygen atoms in total. The number of rotatable bonds is 6. The number of anilines is 2. The second-order valence-electron chi connectivity index (χ2n) is 6.02. The minimum absolute atomic E-state index is 0.298. The van der Waals surface area contributed by atoms with E-state index in [4.69, 9.17) is 5.11 Å². The SMILES string of the molecule is CCNc1nc(C(C)(C)C)nc(NCC(F)(F)CO)c1C. The Morgan fingerprint density at radius 1 is 1.10 bits per heavy atom. The Balaban J connectivity index is 3.14. The van der Waals surface area contributed by atoms with Gasteiger partial charge in [0.15, 0.2) is 0 Å². The zero-order valence-corrected chi connectivity index (χ0v) is 13.2. The van der Waals surface area contributed by atoms with Crippen LogP contribution in [0, 0.1) is 6.92 Å². The molecule has 1 heterocycles. The van der Waals surface area contributed by atoms with Crippen LogP contribution in [0.3, 0.4) is 0 Å². The summed E-state index contributed by atoms with van der Waals surface area (Å²) < 4.78 is 26.4. The standard InChI is InChI=1S/C14H24F2N4O/c1-6-17-10-9(2)11(18-7-14(15,16)8-21)20-12(19-10)13(3,4)5/h21H,6-8H2,1-5H3,(H2,17,18,19,20). The number of hydrogen-bond donors (Lipinski definition) is 3. The Hall–Kier alpha value is -1.50. The molecule has 21 heavy (non-hydrogen) atoms. The van der Waals surface area contributed by atoms with Gasteiger partial charge in [0.2, 0.25) is 0 Å². The highest BCUT2D eigenvalue weighted by Crippen LogP contribution is 2.27. The van der Waals surface area contributed by atoms with Crippen molar-refractivity contribution in [3.05, 3.63) is 11.4 Å². The summed E-state index contributed by atoms with van der Waals surface area (Å²) >= 11 is 0. The van der Waals surface area contributed by atoms with Gasteiger partial charge in [-0.2, -0.15) is 0 Å². The van der Waals surface area contributed by atoms with Crippen LogP contribution in [-0.2, 0) is 5.41 Å². The fraction of sp³-hybridized carbons (Fsp3) is 0.714. The largest absolute Gasteiger partial charge is 0.390 e. The molecular weight excluding hydrogens is 278 g/mol. The molecule has 3 N–H and O–H groups in total. The lowest BCUT2D eigenvalue weighted by Gasteiger charge is -2.22. The second kappa shape index (κ2) is 6.51. The Kier molecular flexibility index (Phi) is 5.44. The normalized spacial score (nSPS) is 12.4. The number of nitrogens with zero attached hydrogens (tertiary/aromatic N) is 2. The van der Waals surface area contributed by atoms with Crippen LogP contribution in [0.4, 0.5) is 20.4 Å². The molecule has 0 aliphatic rings. The van der Waals surface area contributed by atoms with Crippen molar-refractivity contribution in [3.8, 4) is 0 Å². The second-order valence-corrected chi connectivity index (χ2v) is 6.02. The van der Waals surface area contributed by atoms with Crippen molar-refractivity contribution in [1.82, 2.24) is 9.97 Å². The van der Waals surface area contributed by atoms with Gasteiger partial charge in [0, 0.05) is 17.5 Å². The maximum atomic E-state index is 13.2. The molecular formula is C14H24F2N4O. The number of aromatic nitrogens is 2. The molecule has 0 bridgehead atoms. The van der Waals surface area contributed by atoms with Crippen molar-refractivity contribution >= 4 is 11.6 Å². The third-order valence-corrected chi connectivity index (χ3v) is 2.91. The molecule has 7 heteroatoms. The highest BCUT2D eigenvalue weighted by molar-refractivity contribution is 5.57.